The molecule has 0 aromatic heterocycles. The highest BCUT2D eigenvalue weighted by atomic mass is 16.1. The molecule has 1 aromatic rings. The third-order valence-corrected chi connectivity index (χ3v) is 3.71. The third kappa shape index (κ3) is 7.43. The summed E-state index contributed by atoms with van der Waals surface area (Å²) in [5, 5.41) is 12.2. The lowest BCUT2D eigenvalue weighted by atomic mass is 10.0. The van der Waals surface area contributed by atoms with Crippen LogP contribution in [0.4, 0.5) is 5.69 Å². The molecule has 0 bridgehead atoms. The number of nitrogens with one attached hydrogen (secondary N) is 1. The van der Waals surface area contributed by atoms with Gasteiger partial charge in [-0.25, -0.2) is 0 Å². The summed E-state index contributed by atoms with van der Waals surface area (Å²) in [4.78, 5) is 14.5. The molecule has 4 nitrogen and oxygen atoms in total. The van der Waals surface area contributed by atoms with Gasteiger partial charge in [-0.05, 0) is 35.4 Å². The van der Waals surface area contributed by atoms with Crippen molar-refractivity contribution in [2.24, 2.45) is 11.8 Å². The van der Waals surface area contributed by atoms with Crippen molar-refractivity contribution in [2.45, 2.75) is 47.5 Å². The van der Waals surface area contributed by atoms with E-state index in [9.17, 15) is 10.1 Å². The molecule has 0 unspecified atom stereocenters. The maximum Gasteiger partial charge on any atom is 0.267 e. The molecule has 0 atom stereocenters. The van der Waals surface area contributed by atoms with E-state index in [0.29, 0.717) is 23.4 Å². The van der Waals surface area contributed by atoms with Crippen LogP contribution >= 0.6 is 0 Å². The lowest BCUT2D eigenvalue weighted by Crippen LogP contribution is -2.28. The minimum Gasteiger partial charge on any atom is -0.376 e. The Labute approximate surface area is 152 Å². The van der Waals surface area contributed by atoms with Gasteiger partial charge in [0.2, 0.25) is 0 Å². The molecule has 0 fully saturated rings. The molecule has 4 heteroatoms. The highest BCUT2D eigenvalue weighted by molar-refractivity contribution is 6.06. The van der Waals surface area contributed by atoms with Gasteiger partial charge in [-0.1, -0.05) is 53.7 Å². The first kappa shape index (κ1) is 20.8. The van der Waals surface area contributed by atoms with Gasteiger partial charge >= 0.3 is 0 Å². The number of amides is 1. The fourth-order valence-corrected chi connectivity index (χ4v) is 2.59. The Morgan fingerprint density at radius 3 is 2.00 bits per heavy atom. The van der Waals surface area contributed by atoms with Crippen molar-refractivity contribution in [2.75, 3.05) is 18.4 Å². The molecule has 0 saturated carbocycles. The lowest BCUT2D eigenvalue weighted by molar-refractivity contribution is -0.112. The average molecular weight is 341 g/mol. The SMILES string of the molecule is CC(C)CN(/C=C(/C#N)C(=O)Nc1ccc(C(C)C)cc1)CC(C)C. The van der Waals surface area contributed by atoms with Gasteiger partial charge in [-0.2, -0.15) is 5.26 Å². The minimum atomic E-state index is -0.364. The minimum absolute atomic E-state index is 0.134. The van der Waals surface area contributed by atoms with Crippen molar-refractivity contribution in [3.05, 3.63) is 41.6 Å². The summed E-state index contributed by atoms with van der Waals surface area (Å²) < 4.78 is 0. The molecule has 0 aliphatic rings. The Hall–Kier alpha value is -2.28. The van der Waals surface area contributed by atoms with Crippen LogP contribution in [0.2, 0.25) is 0 Å². The topological polar surface area (TPSA) is 56.1 Å². The standard InChI is InChI=1S/C21H31N3O/c1-15(2)12-24(13-16(3)4)14-19(11-22)21(25)23-20-9-7-18(8-10-20)17(5)6/h7-10,14-17H,12-13H2,1-6H3,(H,23,25)/b19-14-. The summed E-state index contributed by atoms with van der Waals surface area (Å²) in [7, 11) is 0. The van der Waals surface area contributed by atoms with Crippen LogP contribution in [0.15, 0.2) is 36.0 Å². The predicted molar refractivity (Wildman–Crippen MR) is 104 cm³/mol. The number of nitriles is 1. The second-order valence-corrected chi connectivity index (χ2v) is 7.63. The quantitative estimate of drug-likeness (QED) is 0.547. The van der Waals surface area contributed by atoms with Gasteiger partial charge in [0.05, 0.1) is 0 Å². The van der Waals surface area contributed by atoms with Crippen LogP contribution < -0.4 is 5.32 Å². The van der Waals surface area contributed by atoms with Crippen molar-refractivity contribution < 1.29 is 4.79 Å². The van der Waals surface area contributed by atoms with E-state index in [1.165, 1.54) is 5.56 Å². The first-order valence-electron chi connectivity index (χ1n) is 9.00. The van der Waals surface area contributed by atoms with Crippen molar-refractivity contribution in [1.82, 2.24) is 4.90 Å². The molecule has 0 spiro atoms. The molecule has 0 aliphatic carbocycles. The molecule has 136 valence electrons. The maximum absolute atomic E-state index is 12.4. The summed E-state index contributed by atoms with van der Waals surface area (Å²) in [5.74, 6) is 1.00. The van der Waals surface area contributed by atoms with E-state index in [4.69, 9.17) is 0 Å². The molecule has 1 amide bonds. The van der Waals surface area contributed by atoms with E-state index >= 15 is 0 Å². The summed E-state index contributed by atoms with van der Waals surface area (Å²) >= 11 is 0. The van der Waals surface area contributed by atoms with Gasteiger partial charge in [-0.15, -0.1) is 0 Å². The Bertz CT molecular complexity index is 612. The van der Waals surface area contributed by atoms with E-state index in [1.807, 2.05) is 30.3 Å². The normalized spacial score (nSPS) is 11.8. The first-order valence-corrected chi connectivity index (χ1v) is 9.00. The van der Waals surface area contributed by atoms with Crippen LogP contribution in [-0.2, 0) is 4.79 Å². The number of hydrogen-bond donors (Lipinski definition) is 1. The zero-order valence-corrected chi connectivity index (χ0v) is 16.3. The van der Waals surface area contributed by atoms with E-state index < -0.39 is 0 Å². The number of nitrogens with zero attached hydrogens (tertiary/aromatic N) is 2. The van der Waals surface area contributed by atoms with E-state index in [1.54, 1.807) is 6.20 Å². The van der Waals surface area contributed by atoms with E-state index in [-0.39, 0.29) is 11.5 Å². The Morgan fingerprint density at radius 1 is 1.08 bits per heavy atom. The first-order chi connectivity index (χ1) is 11.7. The van der Waals surface area contributed by atoms with Gasteiger partial charge in [0, 0.05) is 25.0 Å². The number of carbonyl (C=O) groups excluding carboxylic acids is 1. The number of benzene rings is 1. The Balaban J connectivity index is 2.88. The van der Waals surface area contributed by atoms with E-state index in [2.05, 4.69) is 51.8 Å². The Morgan fingerprint density at radius 2 is 1.60 bits per heavy atom. The maximum atomic E-state index is 12.4. The van der Waals surface area contributed by atoms with E-state index in [0.717, 1.165) is 13.1 Å². The van der Waals surface area contributed by atoms with Crippen LogP contribution in [-0.4, -0.2) is 23.9 Å². The van der Waals surface area contributed by atoms with Crippen molar-refractivity contribution >= 4 is 11.6 Å². The van der Waals surface area contributed by atoms with Crippen LogP contribution in [0, 0.1) is 23.2 Å². The van der Waals surface area contributed by atoms with Crippen molar-refractivity contribution in [3.8, 4) is 6.07 Å². The van der Waals surface area contributed by atoms with Gasteiger partial charge < -0.3 is 10.2 Å². The number of hydrogen-bond acceptors (Lipinski definition) is 3. The Kier molecular flexibility index (Phi) is 8.21. The number of rotatable bonds is 8. The average Bonchev–Trinajstić information content (AvgIpc) is 2.51. The lowest BCUT2D eigenvalue weighted by Gasteiger charge is -2.25. The van der Waals surface area contributed by atoms with Gasteiger partial charge in [-0.3, -0.25) is 4.79 Å². The number of carbonyl (C=O) groups is 1. The third-order valence-electron chi connectivity index (χ3n) is 3.71. The highest BCUT2D eigenvalue weighted by Crippen LogP contribution is 2.17. The second kappa shape index (κ2) is 9.88. The molecular weight excluding hydrogens is 310 g/mol. The summed E-state index contributed by atoms with van der Waals surface area (Å²) in [6.07, 6.45) is 1.69. The van der Waals surface area contributed by atoms with Crippen molar-refractivity contribution in [1.29, 1.82) is 5.26 Å². The molecule has 1 N–H and O–H groups in total. The van der Waals surface area contributed by atoms with Crippen molar-refractivity contribution in [3.63, 3.8) is 0 Å². The zero-order valence-electron chi connectivity index (χ0n) is 16.3. The summed E-state index contributed by atoms with van der Waals surface area (Å²) in [6, 6.07) is 9.79. The molecule has 25 heavy (non-hydrogen) atoms. The molecule has 0 heterocycles. The molecule has 0 radical (unpaired) electrons. The summed E-state index contributed by atoms with van der Waals surface area (Å²) in [6.45, 7) is 14.4. The molecule has 1 aromatic carbocycles. The summed E-state index contributed by atoms with van der Waals surface area (Å²) in [5.41, 5.74) is 2.05. The zero-order chi connectivity index (χ0) is 19.0. The second-order valence-electron chi connectivity index (χ2n) is 7.63. The van der Waals surface area contributed by atoms with Crippen LogP contribution in [0.5, 0.6) is 0 Å². The van der Waals surface area contributed by atoms with Gasteiger partial charge in [0.1, 0.15) is 11.6 Å². The van der Waals surface area contributed by atoms with Crippen LogP contribution in [0.3, 0.4) is 0 Å². The van der Waals surface area contributed by atoms with Crippen LogP contribution in [0.25, 0.3) is 0 Å². The fourth-order valence-electron chi connectivity index (χ4n) is 2.59. The highest BCUT2D eigenvalue weighted by Gasteiger charge is 2.13. The largest absolute Gasteiger partial charge is 0.376 e. The molecule has 0 saturated heterocycles. The van der Waals surface area contributed by atoms with Crippen LogP contribution in [0.1, 0.15) is 53.0 Å². The monoisotopic (exact) mass is 341 g/mol. The molecule has 1 rings (SSSR count). The predicted octanol–water partition coefficient (Wildman–Crippen LogP) is 4.77. The molecular formula is C21H31N3O. The van der Waals surface area contributed by atoms with Gasteiger partial charge in [0.15, 0.2) is 0 Å². The number of anilines is 1. The fraction of sp³-hybridized carbons (Fsp3) is 0.524. The molecule has 0 aliphatic heterocycles. The van der Waals surface area contributed by atoms with Gasteiger partial charge in [0.25, 0.3) is 5.91 Å². The smallest absolute Gasteiger partial charge is 0.267 e.